The van der Waals surface area contributed by atoms with Crippen molar-refractivity contribution in [3.63, 3.8) is 0 Å². The van der Waals surface area contributed by atoms with E-state index in [0.29, 0.717) is 15.0 Å². The Balaban J connectivity index is 3.06. The molecule has 0 atom stereocenters. The van der Waals surface area contributed by atoms with Gasteiger partial charge in [0.05, 0.1) is 15.0 Å². The van der Waals surface area contributed by atoms with Crippen molar-refractivity contribution in [3.05, 3.63) is 18.2 Å². The van der Waals surface area contributed by atoms with Gasteiger partial charge in [0.2, 0.25) is 0 Å². The molecule has 0 aromatic heterocycles. The Hall–Kier alpha value is -1.11. The number of rotatable bonds is 3. The third-order valence-corrected chi connectivity index (χ3v) is 2.20. The van der Waals surface area contributed by atoms with Crippen molar-refractivity contribution in [2.45, 2.75) is 20.8 Å². The van der Waals surface area contributed by atoms with Crippen molar-refractivity contribution in [1.29, 1.82) is 0 Å². The number of benzene rings is 1. The molecule has 1 aromatic rings. The van der Waals surface area contributed by atoms with Crippen molar-refractivity contribution in [3.8, 4) is 0 Å². The quantitative estimate of drug-likeness (QED) is 0.733. The molecule has 0 radical (unpaired) electrons. The molecular formula is C12H15N3S3. The third-order valence-electron chi connectivity index (χ3n) is 1.89. The normalized spacial score (nSPS) is 9.50. The van der Waals surface area contributed by atoms with E-state index in [4.69, 9.17) is 36.7 Å². The van der Waals surface area contributed by atoms with Crippen LogP contribution in [0.1, 0.15) is 20.8 Å². The minimum Gasteiger partial charge on any atom is -0.350 e. The highest BCUT2D eigenvalue weighted by molar-refractivity contribution is 7.81. The zero-order chi connectivity index (χ0) is 13.7. The molecule has 96 valence electrons. The number of hydrogen-bond acceptors (Lipinski definition) is 3. The van der Waals surface area contributed by atoms with E-state index >= 15 is 0 Å². The summed E-state index contributed by atoms with van der Waals surface area (Å²) in [5, 5.41) is 9.29. The van der Waals surface area contributed by atoms with Crippen LogP contribution in [0.25, 0.3) is 0 Å². The summed E-state index contributed by atoms with van der Waals surface area (Å²) in [6.45, 7) is 5.49. The van der Waals surface area contributed by atoms with Crippen LogP contribution in [0, 0.1) is 0 Å². The fraction of sp³-hybridized carbons (Fsp3) is 0.250. The van der Waals surface area contributed by atoms with Gasteiger partial charge in [-0.1, -0.05) is 36.7 Å². The Bertz CT molecular complexity index is 414. The molecule has 3 N–H and O–H groups in total. The van der Waals surface area contributed by atoms with Gasteiger partial charge >= 0.3 is 0 Å². The molecule has 0 amide bonds. The van der Waals surface area contributed by atoms with Crippen LogP contribution in [0.4, 0.5) is 17.1 Å². The molecular weight excluding hydrogens is 282 g/mol. The molecule has 1 rings (SSSR count). The summed E-state index contributed by atoms with van der Waals surface area (Å²) in [7, 11) is 0. The summed E-state index contributed by atoms with van der Waals surface area (Å²) in [6.07, 6.45) is 0. The van der Waals surface area contributed by atoms with E-state index in [0.717, 1.165) is 17.1 Å². The monoisotopic (exact) mass is 297 g/mol. The van der Waals surface area contributed by atoms with Crippen LogP contribution >= 0.6 is 36.7 Å². The summed E-state index contributed by atoms with van der Waals surface area (Å²) < 4.78 is 0. The molecule has 0 saturated heterocycles. The molecule has 0 aliphatic heterocycles. The highest BCUT2D eigenvalue weighted by Crippen LogP contribution is 2.23. The average molecular weight is 297 g/mol. The second-order valence-electron chi connectivity index (χ2n) is 3.84. The van der Waals surface area contributed by atoms with E-state index in [1.165, 1.54) is 0 Å². The molecule has 18 heavy (non-hydrogen) atoms. The van der Waals surface area contributed by atoms with E-state index < -0.39 is 0 Å². The number of nitrogens with one attached hydrogen (secondary N) is 3. The first kappa shape index (κ1) is 14.9. The molecule has 0 spiro atoms. The molecule has 0 heterocycles. The van der Waals surface area contributed by atoms with Gasteiger partial charge in [-0.3, -0.25) is 0 Å². The van der Waals surface area contributed by atoms with Gasteiger partial charge in [-0.15, -0.1) is 0 Å². The van der Waals surface area contributed by atoms with Crippen molar-refractivity contribution < 1.29 is 0 Å². The molecule has 0 bridgehead atoms. The molecule has 1 aromatic carbocycles. The second-order valence-corrected chi connectivity index (χ2v) is 5.68. The lowest BCUT2D eigenvalue weighted by atomic mass is 10.2. The van der Waals surface area contributed by atoms with Crippen molar-refractivity contribution in [2.75, 3.05) is 16.0 Å². The number of anilines is 3. The van der Waals surface area contributed by atoms with E-state index in [-0.39, 0.29) is 0 Å². The lowest BCUT2D eigenvalue weighted by molar-refractivity contribution is 1.57. The van der Waals surface area contributed by atoms with Crippen molar-refractivity contribution in [1.82, 2.24) is 0 Å². The summed E-state index contributed by atoms with van der Waals surface area (Å²) in [6, 6.07) is 5.82. The molecule has 0 saturated carbocycles. The Morgan fingerprint density at radius 3 is 1.06 bits per heavy atom. The third kappa shape index (κ3) is 5.48. The molecule has 6 heteroatoms. The van der Waals surface area contributed by atoms with Gasteiger partial charge in [-0.05, 0) is 39.0 Å². The van der Waals surface area contributed by atoms with E-state index in [9.17, 15) is 0 Å². The van der Waals surface area contributed by atoms with Crippen LogP contribution in [0.2, 0.25) is 0 Å². The molecule has 0 unspecified atom stereocenters. The summed E-state index contributed by atoms with van der Waals surface area (Å²) in [4.78, 5) is 2.11. The summed E-state index contributed by atoms with van der Waals surface area (Å²) in [5.41, 5.74) is 2.67. The first-order chi connectivity index (χ1) is 8.36. The molecule has 0 aliphatic carbocycles. The SMILES string of the molecule is CC(=S)Nc1cc(NC(C)=S)cc(NC(C)=S)c1. The first-order valence-electron chi connectivity index (χ1n) is 5.34. The van der Waals surface area contributed by atoms with Gasteiger partial charge < -0.3 is 16.0 Å². The summed E-state index contributed by atoms with van der Waals surface area (Å²) >= 11 is 15.1. The lowest BCUT2D eigenvalue weighted by Crippen LogP contribution is -2.09. The first-order valence-corrected chi connectivity index (χ1v) is 6.57. The Morgan fingerprint density at radius 2 is 0.889 bits per heavy atom. The Labute approximate surface area is 123 Å². The van der Waals surface area contributed by atoms with Gasteiger partial charge in [0.25, 0.3) is 0 Å². The number of thiocarbonyl (C=S) groups is 3. The smallest absolute Gasteiger partial charge is 0.0765 e. The van der Waals surface area contributed by atoms with E-state index in [2.05, 4.69) is 16.0 Å². The topological polar surface area (TPSA) is 36.1 Å². The highest BCUT2D eigenvalue weighted by Gasteiger charge is 2.02. The summed E-state index contributed by atoms with van der Waals surface area (Å²) in [5.74, 6) is 0. The van der Waals surface area contributed by atoms with E-state index in [1.54, 1.807) is 0 Å². The van der Waals surface area contributed by atoms with Crippen LogP contribution in [0.15, 0.2) is 18.2 Å². The Kier molecular flexibility index (Phi) is 5.58. The fourth-order valence-electron chi connectivity index (χ4n) is 1.45. The predicted molar refractivity (Wildman–Crippen MR) is 92.1 cm³/mol. The van der Waals surface area contributed by atoms with Crippen LogP contribution < -0.4 is 16.0 Å². The maximum atomic E-state index is 5.04. The van der Waals surface area contributed by atoms with Crippen LogP contribution in [0.5, 0.6) is 0 Å². The van der Waals surface area contributed by atoms with Crippen LogP contribution in [-0.4, -0.2) is 15.0 Å². The average Bonchev–Trinajstić information content (AvgIpc) is 2.12. The van der Waals surface area contributed by atoms with Gasteiger partial charge in [0.1, 0.15) is 0 Å². The van der Waals surface area contributed by atoms with E-state index in [1.807, 2.05) is 39.0 Å². The molecule has 3 nitrogen and oxygen atoms in total. The maximum absolute atomic E-state index is 5.04. The maximum Gasteiger partial charge on any atom is 0.0765 e. The fourth-order valence-corrected chi connectivity index (χ4v) is 1.81. The zero-order valence-electron chi connectivity index (χ0n) is 10.5. The standard InChI is InChI=1S/C12H15N3S3/c1-7(16)13-10-4-11(14-8(2)17)6-12(5-10)15-9(3)18/h4-6H,1-3H3,(H,13,16)(H,14,17)(H,15,18). The second kappa shape index (κ2) is 6.72. The predicted octanol–water partition coefficient (Wildman–Crippen LogP) is 3.96. The minimum absolute atomic E-state index is 0.705. The van der Waals surface area contributed by atoms with Gasteiger partial charge in [-0.2, -0.15) is 0 Å². The van der Waals surface area contributed by atoms with Gasteiger partial charge in [0, 0.05) is 17.1 Å². The Morgan fingerprint density at radius 1 is 0.667 bits per heavy atom. The lowest BCUT2D eigenvalue weighted by Gasteiger charge is -2.12. The van der Waals surface area contributed by atoms with Gasteiger partial charge in [-0.25, -0.2) is 0 Å². The zero-order valence-corrected chi connectivity index (χ0v) is 12.9. The largest absolute Gasteiger partial charge is 0.350 e. The van der Waals surface area contributed by atoms with Crippen molar-refractivity contribution >= 4 is 68.7 Å². The molecule has 0 fully saturated rings. The van der Waals surface area contributed by atoms with Gasteiger partial charge in [0.15, 0.2) is 0 Å². The number of hydrogen-bond donors (Lipinski definition) is 3. The highest BCUT2D eigenvalue weighted by atomic mass is 32.1. The minimum atomic E-state index is 0.705. The van der Waals surface area contributed by atoms with Crippen LogP contribution in [0.3, 0.4) is 0 Å². The molecule has 0 aliphatic rings. The van der Waals surface area contributed by atoms with Crippen molar-refractivity contribution in [2.24, 2.45) is 0 Å². The van der Waals surface area contributed by atoms with Crippen LogP contribution in [-0.2, 0) is 0 Å².